The van der Waals surface area contributed by atoms with E-state index in [2.05, 4.69) is 11.1 Å². The van der Waals surface area contributed by atoms with Crippen LogP contribution in [0.3, 0.4) is 0 Å². The second kappa shape index (κ2) is 5.25. The fourth-order valence-corrected chi connectivity index (χ4v) is 3.62. The van der Waals surface area contributed by atoms with Gasteiger partial charge < -0.3 is 15.5 Å². The van der Waals surface area contributed by atoms with Crippen LogP contribution in [0.1, 0.15) is 37.3 Å². The van der Waals surface area contributed by atoms with E-state index in [-0.39, 0.29) is 17.4 Å². The summed E-state index contributed by atoms with van der Waals surface area (Å²) in [7, 11) is 0. The van der Waals surface area contributed by atoms with Crippen molar-refractivity contribution in [1.82, 2.24) is 4.98 Å². The summed E-state index contributed by atoms with van der Waals surface area (Å²) in [6.07, 6.45) is 6.62. The lowest BCUT2D eigenvalue weighted by Gasteiger charge is -2.44. The van der Waals surface area contributed by atoms with E-state index in [1.165, 1.54) is 11.6 Å². The van der Waals surface area contributed by atoms with Gasteiger partial charge in [0.2, 0.25) is 5.56 Å². The smallest absolute Gasteiger partial charge is 0.330 e. The summed E-state index contributed by atoms with van der Waals surface area (Å²) in [6.45, 7) is 4.16. The van der Waals surface area contributed by atoms with Crippen molar-refractivity contribution in [2.24, 2.45) is 5.73 Å². The molecular formula is C17H20N2O3. The van der Waals surface area contributed by atoms with Gasteiger partial charge >= 0.3 is 5.97 Å². The van der Waals surface area contributed by atoms with Crippen molar-refractivity contribution >= 4 is 5.97 Å². The molecule has 3 N–H and O–H groups in total. The van der Waals surface area contributed by atoms with Crippen LogP contribution in [-0.2, 0) is 16.0 Å². The Kier molecular flexibility index (Phi) is 3.53. The van der Waals surface area contributed by atoms with E-state index in [1.807, 2.05) is 6.92 Å². The minimum Gasteiger partial charge on any atom is -0.463 e. The number of carbonyl (C=O) groups is 1. The number of esters is 1. The van der Waals surface area contributed by atoms with E-state index >= 15 is 0 Å². The molecule has 5 nitrogen and oxygen atoms in total. The predicted molar refractivity (Wildman–Crippen MR) is 83.5 cm³/mol. The summed E-state index contributed by atoms with van der Waals surface area (Å²) in [4.78, 5) is 26.2. The van der Waals surface area contributed by atoms with Crippen LogP contribution in [0.15, 0.2) is 40.4 Å². The molecule has 0 amide bonds. The molecule has 0 aliphatic heterocycles. The van der Waals surface area contributed by atoms with Gasteiger partial charge in [0.05, 0.1) is 6.61 Å². The number of allylic oxidation sites excluding steroid dienone is 1. The number of hydrogen-bond acceptors (Lipinski definition) is 4. The zero-order chi connectivity index (χ0) is 15.9. The average molecular weight is 300 g/mol. The summed E-state index contributed by atoms with van der Waals surface area (Å²) in [5, 5.41) is 0. The Labute approximate surface area is 128 Å². The maximum absolute atomic E-state index is 11.9. The Bertz CT molecular complexity index is 745. The number of nitrogens with two attached hydrogens (primary N) is 1. The molecule has 2 bridgehead atoms. The monoisotopic (exact) mass is 300 g/mol. The van der Waals surface area contributed by atoms with Crippen LogP contribution < -0.4 is 11.3 Å². The number of rotatable bonds is 2. The van der Waals surface area contributed by atoms with Crippen molar-refractivity contribution in [1.29, 1.82) is 0 Å². The first-order chi connectivity index (χ1) is 10.4. The van der Waals surface area contributed by atoms with Crippen LogP contribution in [0.4, 0.5) is 0 Å². The van der Waals surface area contributed by atoms with Crippen LogP contribution in [0.2, 0.25) is 0 Å². The summed E-state index contributed by atoms with van der Waals surface area (Å²) in [6, 6.07) is 1.61. The van der Waals surface area contributed by atoms with Gasteiger partial charge in [0.15, 0.2) is 0 Å². The van der Waals surface area contributed by atoms with Crippen LogP contribution in [0, 0.1) is 0 Å². The van der Waals surface area contributed by atoms with Crippen molar-refractivity contribution in [2.75, 3.05) is 6.61 Å². The third-order valence-electron chi connectivity index (χ3n) is 4.40. The molecule has 0 spiro atoms. The molecule has 0 unspecified atom stereocenters. The molecule has 2 aliphatic rings. The lowest BCUT2D eigenvalue weighted by Crippen LogP contribution is -2.51. The molecule has 0 radical (unpaired) electrons. The number of fused-ring (bicyclic) bond motifs is 4. The van der Waals surface area contributed by atoms with Crippen LogP contribution >= 0.6 is 0 Å². The van der Waals surface area contributed by atoms with Crippen molar-refractivity contribution < 1.29 is 9.53 Å². The number of carbonyl (C=O) groups excluding carboxylic acids is 1. The summed E-state index contributed by atoms with van der Waals surface area (Å²) >= 11 is 0. The lowest BCUT2D eigenvalue weighted by molar-refractivity contribution is -0.137. The van der Waals surface area contributed by atoms with E-state index in [0.717, 1.165) is 16.7 Å². The first-order valence-corrected chi connectivity index (χ1v) is 7.49. The molecule has 1 aromatic rings. The fraction of sp³-hybridized carbons (Fsp3) is 0.412. The Balaban J connectivity index is 2.15. The highest BCUT2D eigenvalue weighted by atomic mass is 16.5. The molecule has 0 fully saturated rings. The maximum atomic E-state index is 11.9. The van der Waals surface area contributed by atoms with Crippen molar-refractivity contribution in [2.45, 2.75) is 38.1 Å². The SMILES string of the molecule is CCOC(=O)/C=C1\[C@H]2C=C(C)C[C@]1(N)Cc1cc(=O)[nH]cc12. The van der Waals surface area contributed by atoms with Crippen LogP contribution in [0.25, 0.3) is 0 Å². The molecule has 1 heterocycles. The zero-order valence-corrected chi connectivity index (χ0v) is 12.8. The number of nitrogens with one attached hydrogen (secondary N) is 1. The van der Waals surface area contributed by atoms with Crippen molar-refractivity contribution in [3.8, 4) is 0 Å². The van der Waals surface area contributed by atoms with E-state index in [4.69, 9.17) is 10.5 Å². The minimum atomic E-state index is -0.628. The average Bonchev–Trinajstić information content (AvgIpc) is 2.40. The van der Waals surface area contributed by atoms with E-state index in [0.29, 0.717) is 19.4 Å². The Morgan fingerprint density at radius 2 is 2.32 bits per heavy atom. The van der Waals surface area contributed by atoms with Crippen molar-refractivity contribution in [3.05, 3.63) is 57.0 Å². The van der Waals surface area contributed by atoms with Gasteiger partial charge in [0, 0.05) is 29.8 Å². The number of pyridine rings is 1. The molecule has 0 aromatic carbocycles. The molecule has 116 valence electrons. The van der Waals surface area contributed by atoms with E-state index < -0.39 is 5.54 Å². The standard InChI is InChI=1S/C17H20N2O3/c1-3-22-16(21)6-14-12-4-10(2)7-17(14,18)8-11-5-15(20)19-9-13(11)12/h4-6,9,12H,3,7-8,18H2,1-2H3,(H,19,20)/b14-6+/t12-,17-/m0/s1. The molecule has 0 saturated heterocycles. The summed E-state index contributed by atoms with van der Waals surface area (Å²) in [5.41, 5.74) is 9.90. The van der Waals surface area contributed by atoms with Gasteiger partial charge in [0.1, 0.15) is 0 Å². The molecule has 22 heavy (non-hydrogen) atoms. The molecule has 2 atom stereocenters. The van der Waals surface area contributed by atoms with Crippen molar-refractivity contribution in [3.63, 3.8) is 0 Å². The predicted octanol–water partition coefficient (Wildman–Crippen LogP) is 1.55. The minimum absolute atomic E-state index is 0.0799. The zero-order valence-electron chi connectivity index (χ0n) is 12.8. The second-order valence-electron chi connectivity index (χ2n) is 6.13. The first-order valence-electron chi connectivity index (χ1n) is 7.49. The normalized spacial score (nSPS) is 28.0. The molecule has 2 aliphatic carbocycles. The largest absolute Gasteiger partial charge is 0.463 e. The molecule has 1 aromatic heterocycles. The second-order valence-corrected chi connectivity index (χ2v) is 6.13. The van der Waals surface area contributed by atoms with Gasteiger partial charge in [-0.1, -0.05) is 11.6 Å². The Hall–Kier alpha value is -2.14. The van der Waals surface area contributed by atoms with Gasteiger partial charge in [-0.05, 0) is 43.4 Å². The maximum Gasteiger partial charge on any atom is 0.330 e. The highest BCUT2D eigenvalue weighted by Crippen LogP contribution is 2.47. The van der Waals surface area contributed by atoms with Gasteiger partial charge in [0.25, 0.3) is 0 Å². The Morgan fingerprint density at radius 1 is 1.55 bits per heavy atom. The van der Waals surface area contributed by atoms with Gasteiger partial charge in [-0.15, -0.1) is 0 Å². The molecular weight excluding hydrogens is 280 g/mol. The number of aromatic amines is 1. The molecule has 3 rings (SSSR count). The van der Waals surface area contributed by atoms with E-state index in [1.54, 1.807) is 19.2 Å². The van der Waals surface area contributed by atoms with Crippen LogP contribution in [-0.4, -0.2) is 23.1 Å². The number of aromatic nitrogens is 1. The number of hydrogen-bond donors (Lipinski definition) is 2. The van der Waals surface area contributed by atoms with Crippen LogP contribution in [0.5, 0.6) is 0 Å². The quantitative estimate of drug-likeness (QED) is 0.493. The highest BCUT2D eigenvalue weighted by molar-refractivity contribution is 5.84. The van der Waals surface area contributed by atoms with Gasteiger partial charge in [-0.3, -0.25) is 4.79 Å². The fourth-order valence-electron chi connectivity index (χ4n) is 3.62. The Morgan fingerprint density at radius 3 is 3.05 bits per heavy atom. The van der Waals surface area contributed by atoms with Gasteiger partial charge in [-0.25, -0.2) is 4.79 Å². The molecule has 0 saturated carbocycles. The number of H-pyrrole nitrogens is 1. The third-order valence-corrected chi connectivity index (χ3v) is 4.40. The lowest BCUT2D eigenvalue weighted by atomic mass is 9.63. The first kappa shape index (κ1) is 14.8. The third kappa shape index (κ3) is 2.41. The van der Waals surface area contributed by atoms with Gasteiger partial charge in [-0.2, -0.15) is 0 Å². The molecule has 5 heteroatoms. The summed E-state index contributed by atoms with van der Waals surface area (Å²) in [5.74, 6) is -0.443. The highest BCUT2D eigenvalue weighted by Gasteiger charge is 2.43. The van der Waals surface area contributed by atoms with E-state index in [9.17, 15) is 9.59 Å². The summed E-state index contributed by atoms with van der Waals surface area (Å²) < 4.78 is 5.04. The topological polar surface area (TPSA) is 85.2 Å². The number of ether oxygens (including phenoxy) is 1.